The van der Waals surface area contributed by atoms with Crippen molar-refractivity contribution in [3.05, 3.63) is 96.4 Å². The van der Waals surface area contributed by atoms with Gasteiger partial charge in [-0.15, -0.1) is 0 Å². The van der Waals surface area contributed by atoms with Crippen molar-refractivity contribution >= 4 is 22.8 Å². The first-order valence-corrected chi connectivity index (χ1v) is 8.30. The Morgan fingerprint density at radius 1 is 0.808 bits per heavy atom. The molecule has 2 heterocycles. The number of anilines is 1. The van der Waals surface area contributed by atoms with Gasteiger partial charge in [0.1, 0.15) is 11.5 Å². The summed E-state index contributed by atoms with van der Waals surface area (Å²) in [6.07, 6.45) is 3.19. The van der Waals surface area contributed by atoms with Crippen LogP contribution in [0.5, 0.6) is 0 Å². The highest BCUT2D eigenvalue weighted by atomic mass is 16.2. The zero-order chi connectivity index (χ0) is 17.8. The number of pyridine rings is 1. The van der Waals surface area contributed by atoms with Gasteiger partial charge in [-0.25, -0.2) is 9.97 Å². The van der Waals surface area contributed by atoms with Gasteiger partial charge in [0.15, 0.2) is 0 Å². The summed E-state index contributed by atoms with van der Waals surface area (Å²) in [5.74, 6) is 0.349. The standard InChI is InChI=1S/C21H16N4O/c26-21(19-14-23-17-10-4-5-11-18(17)24-19)25(20-12-6-7-13-22-20)15-16-8-2-1-3-9-16/h1-14H,15H2. The first-order valence-electron chi connectivity index (χ1n) is 8.30. The summed E-state index contributed by atoms with van der Waals surface area (Å²) in [5, 5.41) is 0. The predicted molar refractivity (Wildman–Crippen MR) is 101 cm³/mol. The second-order valence-electron chi connectivity index (χ2n) is 5.81. The van der Waals surface area contributed by atoms with Crippen molar-refractivity contribution in [3.8, 4) is 0 Å². The average Bonchev–Trinajstić information content (AvgIpc) is 2.72. The van der Waals surface area contributed by atoms with E-state index in [1.54, 1.807) is 11.1 Å². The number of fused-ring (bicyclic) bond motifs is 1. The van der Waals surface area contributed by atoms with Gasteiger partial charge in [0.25, 0.3) is 5.91 Å². The SMILES string of the molecule is O=C(c1cnc2ccccc2n1)N(Cc1ccccc1)c1ccccn1. The van der Waals surface area contributed by atoms with Crippen LogP contribution >= 0.6 is 0 Å². The normalized spacial score (nSPS) is 10.6. The van der Waals surface area contributed by atoms with E-state index in [1.807, 2.05) is 72.8 Å². The van der Waals surface area contributed by atoms with Gasteiger partial charge in [0, 0.05) is 6.20 Å². The van der Waals surface area contributed by atoms with E-state index in [-0.39, 0.29) is 5.91 Å². The Labute approximate surface area is 151 Å². The molecule has 4 rings (SSSR count). The minimum absolute atomic E-state index is 0.231. The summed E-state index contributed by atoms with van der Waals surface area (Å²) >= 11 is 0. The van der Waals surface area contributed by atoms with E-state index >= 15 is 0 Å². The number of nitrogens with zero attached hydrogens (tertiary/aromatic N) is 4. The highest BCUT2D eigenvalue weighted by molar-refractivity contribution is 6.04. The summed E-state index contributed by atoms with van der Waals surface area (Å²) in [6.45, 7) is 0.408. The molecule has 5 nitrogen and oxygen atoms in total. The number of aromatic nitrogens is 3. The third-order valence-corrected chi connectivity index (χ3v) is 4.02. The van der Waals surface area contributed by atoms with Gasteiger partial charge in [-0.05, 0) is 29.8 Å². The maximum Gasteiger partial charge on any atom is 0.279 e. The smallest absolute Gasteiger partial charge is 0.279 e. The number of rotatable bonds is 4. The number of amides is 1. The second-order valence-corrected chi connectivity index (χ2v) is 5.81. The molecule has 0 saturated heterocycles. The molecular formula is C21H16N4O. The molecule has 4 aromatic rings. The van der Waals surface area contributed by atoms with Gasteiger partial charge in [-0.1, -0.05) is 48.5 Å². The molecule has 0 bridgehead atoms. The summed E-state index contributed by atoms with van der Waals surface area (Å²) in [4.78, 5) is 28.0. The lowest BCUT2D eigenvalue weighted by Crippen LogP contribution is -2.32. The molecule has 0 aliphatic heterocycles. The lowest BCUT2D eigenvalue weighted by atomic mass is 10.2. The van der Waals surface area contributed by atoms with Crippen molar-refractivity contribution in [3.63, 3.8) is 0 Å². The van der Waals surface area contributed by atoms with Crippen LogP contribution in [0.25, 0.3) is 11.0 Å². The van der Waals surface area contributed by atoms with E-state index < -0.39 is 0 Å². The predicted octanol–water partition coefficient (Wildman–Crippen LogP) is 3.87. The molecule has 1 amide bonds. The molecule has 0 saturated carbocycles. The number of hydrogen-bond donors (Lipinski definition) is 0. The van der Waals surface area contributed by atoms with Crippen LogP contribution in [0, 0.1) is 0 Å². The largest absolute Gasteiger partial charge is 0.287 e. The highest BCUT2D eigenvalue weighted by Gasteiger charge is 2.21. The van der Waals surface area contributed by atoms with Gasteiger partial charge in [-0.2, -0.15) is 0 Å². The van der Waals surface area contributed by atoms with E-state index in [0.717, 1.165) is 11.1 Å². The lowest BCUT2D eigenvalue weighted by Gasteiger charge is -2.21. The molecule has 26 heavy (non-hydrogen) atoms. The first kappa shape index (κ1) is 15.9. The topological polar surface area (TPSA) is 59.0 Å². The Morgan fingerprint density at radius 3 is 2.31 bits per heavy atom. The maximum absolute atomic E-state index is 13.2. The van der Waals surface area contributed by atoms with Crippen molar-refractivity contribution in [2.24, 2.45) is 0 Å². The zero-order valence-electron chi connectivity index (χ0n) is 14.0. The third kappa shape index (κ3) is 3.28. The zero-order valence-corrected chi connectivity index (χ0v) is 14.0. The summed E-state index contributed by atoms with van der Waals surface area (Å²) in [7, 11) is 0. The lowest BCUT2D eigenvalue weighted by molar-refractivity contribution is 0.0979. The Kier molecular flexibility index (Phi) is 4.35. The number of benzene rings is 2. The fourth-order valence-electron chi connectivity index (χ4n) is 2.73. The maximum atomic E-state index is 13.2. The first-order chi connectivity index (χ1) is 12.8. The summed E-state index contributed by atoms with van der Waals surface area (Å²) in [5.41, 5.74) is 2.76. The quantitative estimate of drug-likeness (QED) is 0.566. The van der Waals surface area contributed by atoms with Crippen molar-refractivity contribution in [2.45, 2.75) is 6.54 Å². The molecule has 0 radical (unpaired) electrons. The fraction of sp³-hybridized carbons (Fsp3) is 0.0476. The average molecular weight is 340 g/mol. The van der Waals surface area contributed by atoms with Gasteiger partial charge in [0.2, 0.25) is 0 Å². The summed E-state index contributed by atoms with van der Waals surface area (Å²) in [6, 6.07) is 22.8. The van der Waals surface area contributed by atoms with Crippen molar-refractivity contribution in [1.82, 2.24) is 15.0 Å². The minimum Gasteiger partial charge on any atom is -0.287 e. The van der Waals surface area contributed by atoms with Gasteiger partial charge in [0.05, 0.1) is 23.8 Å². The molecular weight excluding hydrogens is 324 g/mol. The van der Waals surface area contributed by atoms with Crippen LogP contribution in [0.15, 0.2) is 85.2 Å². The van der Waals surface area contributed by atoms with Gasteiger partial charge >= 0.3 is 0 Å². The Morgan fingerprint density at radius 2 is 1.54 bits per heavy atom. The van der Waals surface area contributed by atoms with Crippen LogP contribution in [0.1, 0.15) is 16.1 Å². The molecule has 0 spiro atoms. The highest BCUT2D eigenvalue weighted by Crippen LogP contribution is 2.18. The molecule has 0 aliphatic rings. The third-order valence-electron chi connectivity index (χ3n) is 4.02. The van der Waals surface area contributed by atoms with E-state index in [1.165, 1.54) is 6.20 Å². The Bertz CT molecular complexity index is 1040. The molecule has 2 aromatic carbocycles. The Hall–Kier alpha value is -3.60. The van der Waals surface area contributed by atoms with Crippen molar-refractivity contribution in [2.75, 3.05) is 4.90 Å². The van der Waals surface area contributed by atoms with Crippen molar-refractivity contribution < 1.29 is 4.79 Å². The van der Waals surface area contributed by atoms with Crippen LogP contribution in [0.2, 0.25) is 0 Å². The van der Waals surface area contributed by atoms with Crippen LogP contribution in [-0.4, -0.2) is 20.9 Å². The number of carbonyl (C=O) groups excluding carboxylic acids is 1. The molecule has 5 heteroatoms. The van der Waals surface area contributed by atoms with E-state index in [4.69, 9.17) is 0 Å². The monoisotopic (exact) mass is 340 g/mol. The molecule has 2 aromatic heterocycles. The molecule has 0 atom stereocenters. The van der Waals surface area contributed by atoms with Crippen LogP contribution in [0.4, 0.5) is 5.82 Å². The number of carbonyl (C=O) groups is 1. The van der Waals surface area contributed by atoms with Crippen LogP contribution in [0.3, 0.4) is 0 Å². The second kappa shape index (κ2) is 7.11. The molecule has 126 valence electrons. The number of para-hydroxylation sites is 2. The molecule has 0 unspecified atom stereocenters. The minimum atomic E-state index is -0.231. The van der Waals surface area contributed by atoms with Crippen molar-refractivity contribution in [1.29, 1.82) is 0 Å². The van der Waals surface area contributed by atoms with Crippen LogP contribution < -0.4 is 4.90 Å². The molecule has 0 aliphatic carbocycles. The fourth-order valence-corrected chi connectivity index (χ4v) is 2.73. The van der Waals surface area contributed by atoms with E-state index in [0.29, 0.717) is 23.6 Å². The van der Waals surface area contributed by atoms with Gasteiger partial charge < -0.3 is 0 Å². The molecule has 0 fully saturated rings. The Balaban J connectivity index is 1.73. The molecule has 0 N–H and O–H groups in total. The summed E-state index contributed by atoms with van der Waals surface area (Å²) < 4.78 is 0. The van der Waals surface area contributed by atoms with E-state index in [9.17, 15) is 4.79 Å². The van der Waals surface area contributed by atoms with E-state index in [2.05, 4.69) is 15.0 Å². The van der Waals surface area contributed by atoms with Crippen LogP contribution in [-0.2, 0) is 6.54 Å². The van der Waals surface area contributed by atoms with Gasteiger partial charge in [-0.3, -0.25) is 14.7 Å². The number of hydrogen-bond acceptors (Lipinski definition) is 4.